The lowest BCUT2D eigenvalue weighted by Crippen LogP contribution is -2.26. The molecule has 8 nitrogen and oxygen atoms in total. The van der Waals surface area contributed by atoms with Crippen LogP contribution in [0.5, 0.6) is 0 Å². The maximum absolute atomic E-state index is 13.3. The van der Waals surface area contributed by atoms with Gasteiger partial charge in [-0.3, -0.25) is 19.4 Å². The van der Waals surface area contributed by atoms with Crippen molar-refractivity contribution in [2.24, 2.45) is 0 Å². The number of carbonyl (C=O) groups excluding carboxylic acids is 3. The normalized spacial score (nSPS) is 14.8. The molecule has 0 bridgehead atoms. The van der Waals surface area contributed by atoms with Gasteiger partial charge in [-0.1, -0.05) is 12.1 Å². The van der Waals surface area contributed by atoms with Crippen molar-refractivity contribution in [3.8, 4) is 0 Å². The van der Waals surface area contributed by atoms with E-state index in [2.05, 4.69) is 25.9 Å². The Morgan fingerprint density at radius 3 is 2.45 bits per heavy atom. The van der Waals surface area contributed by atoms with Crippen molar-refractivity contribution in [2.45, 2.75) is 46.1 Å². The summed E-state index contributed by atoms with van der Waals surface area (Å²) in [6.07, 6.45) is 1.97. The van der Waals surface area contributed by atoms with Crippen LogP contribution in [0.2, 0.25) is 0 Å². The number of rotatable bonds is 7. The summed E-state index contributed by atoms with van der Waals surface area (Å²) in [5.41, 5.74) is 7.00. The maximum Gasteiger partial charge on any atom is 0.255 e. The number of H-pyrrole nitrogens is 1. The van der Waals surface area contributed by atoms with E-state index in [4.69, 9.17) is 0 Å². The number of fused-ring (bicyclic) bond motifs is 1. The zero-order valence-corrected chi connectivity index (χ0v) is 22.7. The summed E-state index contributed by atoms with van der Waals surface area (Å²) in [5.74, 6) is -1.54. The van der Waals surface area contributed by atoms with Crippen molar-refractivity contribution in [1.82, 2.24) is 15.3 Å². The van der Waals surface area contributed by atoms with Crippen LogP contribution in [0.1, 0.15) is 73.4 Å². The van der Waals surface area contributed by atoms with Gasteiger partial charge in [0.25, 0.3) is 11.8 Å². The Balaban J connectivity index is 1.34. The summed E-state index contributed by atoms with van der Waals surface area (Å²) in [4.78, 5) is 46.3. The van der Waals surface area contributed by atoms with E-state index in [1.165, 1.54) is 12.1 Å². The van der Waals surface area contributed by atoms with Crippen LogP contribution in [-0.2, 0) is 11.2 Å². The van der Waals surface area contributed by atoms with Crippen molar-refractivity contribution in [1.29, 1.82) is 0 Å². The number of carbonyl (C=O) groups is 3. The van der Waals surface area contributed by atoms with Gasteiger partial charge in [0.05, 0.1) is 17.6 Å². The minimum Gasteiger partial charge on any atom is -0.360 e. The second-order valence-electron chi connectivity index (χ2n) is 10.2. The minimum atomic E-state index is -0.513. The molecule has 2 aromatic carbocycles. The molecule has 3 heterocycles. The fourth-order valence-corrected chi connectivity index (χ4v) is 5.07. The van der Waals surface area contributed by atoms with Gasteiger partial charge in [-0.2, -0.15) is 0 Å². The van der Waals surface area contributed by atoms with E-state index in [-0.39, 0.29) is 29.6 Å². The molecule has 1 aliphatic heterocycles. The third-order valence-corrected chi connectivity index (χ3v) is 7.33. The van der Waals surface area contributed by atoms with Gasteiger partial charge in [-0.15, -0.1) is 0 Å². The Morgan fingerprint density at radius 1 is 1.00 bits per heavy atom. The summed E-state index contributed by atoms with van der Waals surface area (Å²) in [7, 11) is 0. The average molecular weight is 540 g/mol. The minimum absolute atomic E-state index is 0.156. The topological polar surface area (TPSA) is 116 Å². The number of benzene rings is 2. The fraction of sp³-hybridized carbons (Fsp3) is 0.226. The molecule has 2 aromatic heterocycles. The van der Waals surface area contributed by atoms with E-state index in [0.717, 1.165) is 33.8 Å². The van der Waals surface area contributed by atoms with E-state index in [1.54, 1.807) is 48.7 Å². The summed E-state index contributed by atoms with van der Waals surface area (Å²) in [5, 5.41) is 8.83. The van der Waals surface area contributed by atoms with Crippen molar-refractivity contribution < 1.29 is 18.8 Å². The number of nitrogens with one attached hydrogen (secondary N) is 4. The highest BCUT2D eigenvalue weighted by molar-refractivity contribution is 6.06. The van der Waals surface area contributed by atoms with Gasteiger partial charge in [-0.25, -0.2) is 4.39 Å². The van der Waals surface area contributed by atoms with Crippen molar-refractivity contribution in [3.05, 3.63) is 112 Å². The van der Waals surface area contributed by atoms with Crippen LogP contribution in [-0.4, -0.2) is 27.7 Å². The predicted octanol–water partition coefficient (Wildman–Crippen LogP) is 5.50. The highest BCUT2D eigenvalue weighted by atomic mass is 19.1. The van der Waals surface area contributed by atoms with Crippen LogP contribution in [0.25, 0.3) is 0 Å². The molecule has 2 unspecified atom stereocenters. The molecule has 3 amide bonds. The van der Waals surface area contributed by atoms with Crippen LogP contribution >= 0.6 is 0 Å². The monoisotopic (exact) mass is 539 g/mol. The van der Waals surface area contributed by atoms with Crippen LogP contribution < -0.4 is 16.0 Å². The van der Waals surface area contributed by atoms with Crippen LogP contribution in [0, 0.1) is 26.6 Å². The molecule has 204 valence electrons. The summed E-state index contributed by atoms with van der Waals surface area (Å²) < 4.78 is 13.3. The largest absolute Gasteiger partial charge is 0.360 e. The first-order chi connectivity index (χ1) is 19.1. The van der Waals surface area contributed by atoms with Crippen molar-refractivity contribution in [2.75, 3.05) is 10.6 Å². The first kappa shape index (κ1) is 26.8. The SMILES string of the molecule is Cc1cc(C(=O)Nc2c(C)[nH]c(CC3C(=O)Nc4ccc(C(=O)NC(C)c5ccc(F)cc5)cc43)c2C)ccn1. The van der Waals surface area contributed by atoms with Gasteiger partial charge in [0.1, 0.15) is 5.82 Å². The molecule has 4 N–H and O–H groups in total. The van der Waals surface area contributed by atoms with Crippen LogP contribution in [0.15, 0.2) is 60.8 Å². The molecule has 1 aliphatic rings. The molecular weight excluding hydrogens is 509 g/mol. The number of amides is 3. The Kier molecular flexibility index (Phi) is 7.21. The number of hydrogen-bond acceptors (Lipinski definition) is 4. The van der Waals surface area contributed by atoms with Crippen LogP contribution in [0.4, 0.5) is 15.8 Å². The highest BCUT2D eigenvalue weighted by Crippen LogP contribution is 2.37. The van der Waals surface area contributed by atoms with E-state index in [1.807, 2.05) is 27.7 Å². The predicted molar refractivity (Wildman–Crippen MR) is 151 cm³/mol. The Labute approximate surface area is 231 Å². The Hall–Kier alpha value is -4.79. The zero-order chi connectivity index (χ0) is 28.6. The molecule has 5 rings (SSSR count). The third-order valence-electron chi connectivity index (χ3n) is 7.33. The van der Waals surface area contributed by atoms with Gasteiger partial charge < -0.3 is 20.9 Å². The van der Waals surface area contributed by atoms with E-state index < -0.39 is 5.92 Å². The van der Waals surface area contributed by atoms with Gasteiger partial charge in [0.2, 0.25) is 5.91 Å². The molecule has 40 heavy (non-hydrogen) atoms. The smallest absolute Gasteiger partial charge is 0.255 e. The van der Waals surface area contributed by atoms with Crippen LogP contribution in [0.3, 0.4) is 0 Å². The molecule has 0 saturated heterocycles. The Bertz CT molecular complexity index is 1630. The van der Waals surface area contributed by atoms with E-state index >= 15 is 0 Å². The number of hydrogen-bond donors (Lipinski definition) is 4. The number of aromatic nitrogens is 2. The van der Waals surface area contributed by atoms with Gasteiger partial charge in [0.15, 0.2) is 0 Å². The quantitative estimate of drug-likeness (QED) is 0.248. The average Bonchev–Trinajstić information content (AvgIpc) is 3.38. The standard InChI is InChI=1S/C31H30FN5O3/c1-16-13-22(11-12-33-16)30(39)37-28-17(2)27(34-19(28)4)15-25-24-14-21(7-10-26(24)36-31(25)40)29(38)35-18(3)20-5-8-23(32)9-6-20/h5-14,18,25,34H,15H2,1-4H3,(H,35,38)(H,36,40)(H,37,39). The second kappa shape index (κ2) is 10.8. The van der Waals surface area contributed by atoms with Crippen molar-refractivity contribution >= 4 is 29.1 Å². The summed E-state index contributed by atoms with van der Waals surface area (Å²) in [6.45, 7) is 7.43. The second-order valence-corrected chi connectivity index (χ2v) is 10.2. The number of aryl methyl sites for hydroxylation is 2. The molecule has 4 aromatic rings. The molecule has 9 heteroatoms. The molecule has 0 saturated carbocycles. The van der Waals surface area contributed by atoms with Gasteiger partial charge in [-0.05, 0) is 86.8 Å². The molecule has 0 fully saturated rings. The highest BCUT2D eigenvalue weighted by Gasteiger charge is 2.33. The fourth-order valence-electron chi connectivity index (χ4n) is 5.07. The number of aromatic amines is 1. The number of anilines is 2. The lowest BCUT2D eigenvalue weighted by Gasteiger charge is -2.15. The molecule has 2 atom stereocenters. The van der Waals surface area contributed by atoms with Crippen molar-refractivity contribution in [3.63, 3.8) is 0 Å². The van der Waals surface area contributed by atoms with Gasteiger partial charge in [0, 0.05) is 46.5 Å². The molecular formula is C31H30FN5O3. The first-order valence-electron chi connectivity index (χ1n) is 13.0. The molecule has 0 spiro atoms. The number of halogens is 1. The Morgan fingerprint density at radius 2 is 1.73 bits per heavy atom. The summed E-state index contributed by atoms with van der Waals surface area (Å²) in [6, 6.07) is 14.2. The molecule has 0 aliphatic carbocycles. The van der Waals surface area contributed by atoms with Gasteiger partial charge >= 0.3 is 0 Å². The first-order valence-corrected chi connectivity index (χ1v) is 13.0. The lowest BCUT2D eigenvalue weighted by molar-refractivity contribution is -0.117. The zero-order valence-electron chi connectivity index (χ0n) is 22.7. The summed E-state index contributed by atoms with van der Waals surface area (Å²) >= 11 is 0. The third kappa shape index (κ3) is 5.36. The van der Waals surface area contributed by atoms with E-state index in [9.17, 15) is 18.8 Å². The number of pyridine rings is 1. The number of nitrogens with zero attached hydrogens (tertiary/aromatic N) is 1. The van der Waals surface area contributed by atoms with E-state index in [0.29, 0.717) is 28.9 Å². The maximum atomic E-state index is 13.3. The lowest BCUT2D eigenvalue weighted by atomic mass is 9.93. The molecule has 0 radical (unpaired) electrons.